The normalized spacial score (nSPS) is 11.6. The Balaban J connectivity index is 1.59. The molecular weight excluding hydrogens is 568 g/mol. The van der Waals surface area contributed by atoms with Crippen molar-refractivity contribution in [3.63, 3.8) is 0 Å². The van der Waals surface area contributed by atoms with Crippen LogP contribution in [-0.4, -0.2) is 51.6 Å². The second kappa shape index (κ2) is 13.5. The molecule has 0 saturated heterocycles. The van der Waals surface area contributed by atoms with Crippen molar-refractivity contribution in [3.05, 3.63) is 88.4 Å². The summed E-state index contributed by atoms with van der Waals surface area (Å²) in [4.78, 5) is 52.1. The zero-order valence-electron chi connectivity index (χ0n) is 22.7. The van der Waals surface area contributed by atoms with Crippen LogP contribution in [0.3, 0.4) is 0 Å². The minimum atomic E-state index is -1.44. The maximum absolute atomic E-state index is 12.7. The van der Waals surface area contributed by atoms with Crippen molar-refractivity contribution in [2.45, 2.75) is 38.3 Å². The highest BCUT2D eigenvalue weighted by Crippen LogP contribution is 2.25. The Labute approximate surface area is 245 Å². The predicted molar refractivity (Wildman–Crippen MR) is 154 cm³/mol. The van der Waals surface area contributed by atoms with Gasteiger partial charge in [0.1, 0.15) is 17.5 Å². The summed E-state index contributed by atoms with van der Waals surface area (Å²) in [7, 11) is 0. The second-order valence-electron chi connectivity index (χ2n) is 9.63. The molecule has 0 aromatic heterocycles. The van der Waals surface area contributed by atoms with E-state index in [1.165, 1.54) is 56.3 Å². The lowest BCUT2D eigenvalue weighted by Gasteiger charge is -2.21. The van der Waals surface area contributed by atoms with Gasteiger partial charge in [-0.05, 0) is 73.5 Å². The molecule has 220 valence electrons. The Hall–Kier alpha value is -5.10. The van der Waals surface area contributed by atoms with Crippen LogP contribution in [0.1, 0.15) is 35.3 Å². The Morgan fingerprint density at radius 1 is 0.952 bits per heavy atom. The Morgan fingerprint density at radius 3 is 2.12 bits per heavy atom. The molecule has 3 aromatic rings. The number of carbonyl (C=O) groups excluding carboxylic acids is 2. The number of carboxylic acid groups (broad SMARTS) is 2. The van der Waals surface area contributed by atoms with Gasteiger partial charge < -0.3 is 36.5 Å². The number of guanidine groups is 1. The zero-order chi connectivity index (χ0) is 31.0. The number of aliphatic carboxylic acids is 2. The van der Waals surface area contributed by atoms with Gasteiger partial charge in [-0.3, -0.25) is 4.79 Å². The number of rotatable bonds is 12. The van der Waals surface area contributed by atoms with E-state index in [9.17, 15) is 29.4 Å². The van der Waals surface area contributed by atoms with Gasteiger partial charge in [0.15, 0.2) is 11.6 Å². The summed E-state index contributed by atoms with van der Waals surface area (Å²) in [5.41, 5.74) is 10.9. The SMILES string of the molecule is CC(C)(Oc1ccc(C[C@@H](NC(=O)Cc2ccc(OC(=O)c3ccc(N=C(N)N)cc3)cc2Cl)C(=O)O)cc1)C(=O)O. The standard InChI is InChI=1S/C29H29ClN4O8/c1-29(2,27(39)40)42-20-10-3-16(4-11-20)13-23(25(36)37)34-24(35)14-18-7-12-21(15-22(18)30)41-26(38)17-5-8-19(9-6-17)33-28(31)32/h3-12,15,23H,13-14H2,1-2H3,(H,34,35)(H,36,37)(H,39,40)(H4,31,32,33)/t23-/m1/s1. The third-order valence-electron chi connectivity index (χ3n) is 5.83. The number of halogens is 1. The number of carboxylic acids is 2. The first-order valence-electron chi connectivity index (χ1n) is 12.5. The average Bonchev–Trinajstić information content (AvgIpc) is 2.90. The molecule has 12 nitrogen and oxygen atoms in total. The number of nitrogens with zero attached hydrogens (tertiary/aromatic N) is 1. The Bertz CT molecular complexity index is 1500. The number of nitrogens with two attached hydrogens (primary N) is 2. The number of ether oxygens (including phenoxy) is 2. The van der Waals surface area contributed by atoms with Gasteiger partial charge in [0.2, 0.25) is 5.91 Å². The molecule has 1 amide bonds. The van der Waals surface area contributed by atoms with E-state index < -0.39 is 35.5 Å². The Kier molecular flexibility index (Phi) is 10.1. The van der Waals surface area contributed by atoms with E-state index >= 15 is 0 Å². The molecule has 0 fully saturated rings. The van der Waals surface area contributed by atoms with Crippen molar-refractivity contribution in [2.75, 3.05) is 0 Å². The van der Waals surface area contributed by atoms with Gasteiger partial charge in [0.05, 0.1) is 17.7 Å². The van der Waals surface area contributed by atoms with Crippen LogP contribution >= 0.6 is 11.6 Å². The molecule has 13 heteroatoms. The first-order valence-corrected chi connectivity index (χ1v) is 12.8. The maximum Gasteiger partial charge on any atom is 0.347 e. The molecule has 0 bridgehead atoms. The fourth-order valence-corrected chi connectivity index (χ4v) is 3.85. The summed E-state index contributed by atoms with van der Waals surface area (Å²) in [5, 5.41) is 21.5. The molecule has 0 aliphatic carbocycles. The number of hydrogen-bond acceptors (Lipinski definition) is 7. The maximum atomic E-state index is 12.7. The van der Waals surface area contributed by atoms with E-state index in [1.54, 1.807) is 24.3 Å². The van der Waals surface area contributed by atoms with Crippen molar-refractivity contribution >= 4 is 47.1 Å². The van der Waals surface area contributed by atoms with E-state index in [0.29, 0.717) is 22.6 Å². The van der Waals surface area contributed by atoms with E-state index in [1.807, 2.05) is 0 Å². The first-order chi connectivity index (χ1) is 19.7. The van der Waals surface area contributed by atoms with Crippen molar-refractivity contribution in [3.8, 4) is 11.5 Å². The van der Waals surface area contributed by atoms with Gasteiger partial charge in [-0.25, -0.2) is 19.4 Å². The third-order valence-corrected chi connectivity index (χ3v) is 6.18. The number of aliphatic imine (C=N–C) groups is 1. The number of carbonyl (C=O) groups is 4. The third kappa shape index (κ3) is 8.96. The number of amides is 1. The highest BCUT2D eigenvalue weighted by molar-refractivity contribution is 6.31. The monoisotopic (exact) mass is 596 g/mol. The van der Waals surface area contributed by atoms with Crippen molar-refractivity contribution in [1.29, 1.82) is 0 Å². The molecule has 0 radical (unpaired) electrons. The average molecular weight is 597 g/mol. The highest BCUT2D eigenvalue weighted by Gasteiger charge is 2.29. The highest BCUT2D eigenvalue weighted by atomic mass is 35.5. The molecule has 0 heterocycles. The lowest BCUT2D eigenvalue weighted by Crippen LogP contribution is -2.43. The molecular formula is C29H29ClN4O8. The summed E-state index contributed by atoms with van der Waals surface area (Å²) < 4.78 is 10.8. The zero-order valence-corrected chi connectivity index (χ0v) is 23.4. The van der Waals surface area contributed by atoms with E-state index in [4.69, 9.17) is 32.5 Å². The number of nitrogens with one attached hydrogen (secondary N) is 1. The smallest absolute Gasteiger partial charge is 0.347 e. The van der Waals surface area contributed by atoms with E-state index in [0.717, 1.165) is 0 Å². The minimum absolute atomic E-state index is 0.0285. The topological polar surface area (TPSA) is 204 Å². The Morgan fingerprint density at radius 2 is 1.57 bits per heavy atom. The number of hydrogen-bond donors (Lipinski definition) is 5. The summed E-state index contributed by atoms with van der Waals surface area (Å²) in [6, 6.07) is 15.4. The molecule has 1 atom stereocenters. The van der Waals surface area contributed by atoms with Gasteiger partial charge >= 0.3 is 17.9 Å². The summed E-state index contributed by atoms with van der Waals surface area (Å²) in [6.07, 6.45) is -0.251. The molecule has 0 aliphatic rings. The van der Waals surface area contributed by atoms with Crippen LogP contribution in [0.15, 0.2) is 71.7 Å². The molecule has 0 spiro atoms. The van der Waals surface area contributed by atoms with Gasteiger partial charge in [-0.2, -0.15) is 0 Å². The van der Waals surface area contributed by atoms with Gasteiger partial charge in [0, 0.05) is 11.4 Å². The lowest BCUT2D eigenvalue weighted by molar-refractivity contribution is -0.152. The van der Waals surface area contributed by atoms with Gasteiger partial charge in [0.25, 0.3) is 0 Å². The predicted octanol–water partition coefficient (Wildman–Crippen LogP) is 3.06. The van der Waals surface area contributed by atoms with Gasteiger partial charge in [-0.15, -0.1) is 0 Å². The quantitative estimate of drug-likeness (QED) is 0.0894. The largest absolute Gasteiger partial charge is 0.480 e. The van der Waals surface area contributed by atoms with Crippen molar-refractivity contribution < 1.29 is 38.9 Å². The summed E-state index contributed by atoms with van der Waals surface area (Å²) in [5.74, 6) is -3.29. The fraction of sp³-hybridized carbons (Fsp3) is 0.207. The number of benzene rings is 3. The second-order valence-corrected chi connectivity index (χ2v) is 10.0. The molecule has 3 rings (SSSR count). The van der Waals surface area contributed by atoms with Crippen LogP contribution in [-0.2, 0) is 27.2 Å². The van der Waals surface area contributed by atoms with Crippen LogP contribution in [0.5, 0.6) is 11.5 Å². The van der Waals surface area contributed by atoms with E-state index in [-0.39, 0.29) is 35.1 Å². The molecule has 3 aromatic carbocycles. The van der Waals surface area contributed by atoms with E-state index in [2.05, 4.69) is 10.3 Å². The van der Waals surface area contributed by atoms with Crippen LogP contribution in [0.4, 0.5) is 5.69 Å². The number of esters is 1. The molecule has 0 saturated carbocycles. The lowest BCUT2D eigenvalue weighted by atomic mass is 10.0. The first kappa shape index (κ1) is 31.4. The molecule has 42 heavy (non-hydrogen) atoms. The summed E-state index contributed by atoms with van der Waals surface area (Å²) >= 11 is 6.31. The minimum Gasteiger partial charge on any atom is -0.480 e. The van der Waals surface area contributed by atoms with Crippen LogP contribution in [0.25, 0.3) is 0 Å². The fourth-order valence-electron chi connectivity index (χ4n) is 3.61. The van der Waals surface area contributed by atoms with Gasteiger partial charge in [-0.1, -0.05) is 29.8 Å². The van der Waals surface area contributed by atoms with Crippen LogP contribution in [0, 0.1) is 0 Å². The van der Waals surface area contributed by atoms with Crippen LogP contribution in [0.2, 0.25) is 5.02 Å². The molecule has 7 N–H and O–H groups in total. The molecule has 0 unspecified atom stereocenters. The van der Waals surface area contributed by atoms with Crippen LogP contribution < -0.4 is 26.3 Å². The van der Waals surface area contributed by atoms with Crippen molar-refractivity contribution in [1.82, 2.24) is 5.32 Å². The molecule has 0 aliphatic heterocycles. The van der Waals surface area contributed by atoms with Crippen molar-refractivity contribution in [2.24, 2.45) is 16.5 Å². The summed E-state index contributed by atoms with van der Waals surface area (Å²) in [6.45, 7) is 2.81.